The molecular weight excluding hydrogens is 288 g/mol. The van der Waals surface area contributed by atoms with E-state index in [9.17, 15) is 0 Å². The summed E-state index contributed by atoms with van der Waals surface area (Å²) in [6.07, 6.45) is 7.19. The molecule has 104 valence electrons. The van der Waals surface area contributed by atoms with Crippen LogP contribution in [-0.2, 0) is 6.42 Å². The van der Waals surface area contributed by atoms with E-state index in [1.165, 1.54) is 31.5 Å². The molecule has 5 rings (SSSR count). The minimum absolute atomic E-state index is 0.941. The number of rotatable bonds is 0. The van der Waals surface area contributed by atoms with Gasteiger partial charge in [0.05, 0.1) is 10.9 Å². The molecule has 2 aromatic carbocycles. The number of aromatic nitrogens is 1. The quantitative estimate of drug-likeness (QED) is 0.597. The molecule has 1 aromatic heterocycles. The molecule has 3 aromatic rings. The molecule has 0 amide bonds. The second-order valence-corrected chi connectivity index (χ2v) is 6.38. The average Bonchev–Trinajstić information content (AvgIpc) is 2.59. The fourth-order valence-corrected chi connectivity index (χ4v) is 3.90. The van der Waals surface area contributed by atoms with Gasteiger partial charge in [0.2, 0.25) is 0 Å². The number of hydrogen-bond acceptors (Lipinski definition) is 3. The Labute approximate surface area is 131 Å². The van der Waals surface area contributed by atoms with E-state index >= 15 is 0 Å². The molecular formula is C19H12N2S. The van der Waals surface area contributed by atoms with Crippen LogP contribution in [0.3, 0.4) is 0 Å². The van der Waals surface area contributed by atoms with Gasteiger partial charge in [0.15, 0.2) is 0 Å². The lowest BCUT2D eigenvalue weighted by molar-refractivity contribution is 1.13. The normalized spacial score (nSPS) is 14.5. The predicted molar refractivity (Wildman–Crippen MR) is 92.1 cm³/mol. The molecule has 22 heavy (non-hydrogen) atoms. The maximum atomic E-state index is 4.85. The van der Waals surface area contributed by atoms with Gasteiger partial charge in [0.25, 0.3) is 0 Å². The van der Waals surface area contributed by atoms with Crippen LogP contribution in [0.1, 0.15) is 5.56 Å². The molecule has 0 fully saturated rings. The Morgan fingerprint density at radius 3 is 3.00 bits per heavy atom. The first kappa shape index (κ1) is 12.2. The molecule has 1 aliphatic carbocycles. The van der Waals surface area contributed by atoms with Gasteiger partial charge >= 0.3 is 0 Å². The van der Waals surface area contributed by atoms with Crippen molar-refractivity contribution in [2.45, 2.75) is 11.3 Å². The third kappa shape index (κ3) is 1.69. The number of fused-ring (bicyclic) bond motifs is 5. The van der Waals surface area contributed by atoms with Crippen LogP contribution in [0.25, 0.3) is 23.1 Å². The summed E-state index contributed by atoms with van der Waals surface area (Å²) in [5.41, 5.74) is 2.43. The van der Waals surface area contributed by atoms with E-state index in [4.69, 9.17) is 4.98 Å². The Morgan fingerprint density at radius 2 is 2.00 bits per heavy atom. The van der Waals surface area contributed by atoms with Gasteiger partial charge in [-0.25, -0.2) is 9.38 Å². The van der Waals surface area contributed by atoms with Gasteiger partial charge in [-0.15, -0.1) is 0 Å². The zero-order valence-corrected chi connectivity index (χ0v) is 12.6. The number of benzene rings is 2. The van der Waals surface area contributed by atoms with Crippen molar-refractivity contribution in [3.63, 3.8) is 0 Å². The van der Waals surface area contributed by atoms with Crippen LogP contribution in [0.15, 0.2) is 51.8 Å². The standard InChI is InChI=1S/C19H12N2S/c1-2-4-16-13(3-1)11-15-17(21-16)7-5-12-6-8-18-14(19(12)15)9-10-20-22-18/h1-4,6-11H,5H2. The smallest absolute Gasteiger partial charge is 0.0709 e. The average molecular weight is 300 g/mol. The zero-order valence-electron chi connectivity index (χ0n) is 11.8. The van der Waals surface area contributed by atoms with E-state index in [1.54, 1.807) is 11.9 Å². The Balaban J connectivity index is 2.12. The highest BCUT2D eigenvalue weighted by Crippen LogP contribution is 2.20. The highest BCUT2D eigenvalue weighted by atomic mass is 32.2. The van der Waals surface area contributed by atoms with Crippen molar-refractivity contribution in [1.82, 2.24) is 4.98 Å². The highest BCUT2D eigenvalue weighted by molar-refractivity contribution is 7.98. The van der Waals surface area contributed by atoms with Crippen LogP contribution in [-0.4, -0.2) is 11.2 Å². The molecule has 0 unspecified atom stereocenters. The third-order valence-corrected chi connectivity index (χ3v) is 5.06. The first-order valence-electron chi connectivity index (χ1n) is 7.33. The second-order valence-electron chi connectivity index (χ2n) is 5.55. The predicted octanol–water partition coefficient (Wildman–Crippen LogP) is 2.73. The molecule has 0 spiro atoms. The maximum absolute atomic E-state index is 4.85. The van der Waals surface area contributed by atoms with Crippen LogP contribution >= 0.6 is 11.9 Å². The van der Waals surface area contributed by atoms with Gasteiger partial charge in [0.1, 0.15) is 0 Å². The summed E-state index contributed by atoms with van der Waals surface area (Å²) in [6, 6.07) is 15.0. The summed E-state index contributed by atoms with van der Waals surface area (Å²) < 4.78 is 4.29. The molecule has 2 heterocycles. The van der Waals surface area contributed by atoms with E-state index in [0.29, 0.717) is 0 Å². The van der Waals surface area contributed by atoms with Crippen LogP contribution < -0.4 is 10.6 Å². The number of hydrogen-bond donors (Lipinski definition) is 0. The fraction of sp³-hybridized carbons (Fsp3) is 0.0526. The van der Waals surface area contributed by atoms with Crippen molar-refractivity contribution in [2.75, 3.05) is 0 Å². The van der Waals surface area contributed by atoms with Crippen LogP contribution in [0.2, 0.25) is 0 Å². The summed E-state index contributed by atoms with van der Waals surface area (Å²) >= 11 is 1.55. The summed E-state index contributed by atoms with van der Waals surface area (Å²) in [7, 11) is 0. The zero-order chi connectivity index (χ0) is 14.5. The van der Waals surface area contributed by atoms with E-state index < -0.39 is 0 Å². The number of nitrogens with zero attached hydrogens (tertiary/aromatic N) is 2. The van der Waals surface area contributed by atoms with Gasteiger partial charge < -0.3 is 0 Å². The molecule has 2 nitrogen and oxygen atoms in total. The maximum Gasteiger partial charge on any atom is 0.0709 e. The van der Waals surface area contributed by atoms with E-state index in [0.717, 1.165) is 17.3 Å². The molecule has 2 aliphatic rings. The number of pyridine rings is 1. The molecule has 0 N–H and O–H groups in total. The van der Waals surface area contributed by atoms with Gasteiger partial charge in [-0.3, -0.25) is 0 Å². The molecule has 0 radical (unpaired) electrons. The summed E-state index contributed by atoms with van der Waals surface area (Å²) in [6.45, 7) is 0. The Morgan fingerprint density at radius 1 is 1.05 bits per heavy atom. The minimum Gasteiger partial charge on any atom is -0.248 e. The van der Waals surface area contributed by atoms with Crippen molar-refractivity contribution in [2.24, 2.45) is 4.40 Å². The lowest BCUT2D eigenvalue weighted by Crippen LogP contribution is -2.21. The van der Waals surface area contributed by atoms with Gasteiger partial charge in [-0.05, 0) is 46.7 Å². The fourth-order valence-electron chi connectivity index (χ4n) is 3.26. The topological polar surface area (TPSA) is 25.2 Å². The van der Waals surface area contributed by atoms with Crippen molar-refractivity contribution in [3.8, 4) is 0 Å². The third-order valence-electron chi connectivity index (χ3n) is 4.28. The minimum atomic E-state index is 0.941. The van der Waals surface area contributed by atoms with E-state index in [1.807, 2.05) is 12.3 Å². The molecule has 0 bridgehead atoms. The first-order chi connectivity index (χ1) is 10.9. The van der Waals surface area contributed by atoms with Crippen molar-refractivity contribution in [3.05, 3.63) is 69.0 Å². The molecule has 0 saturated carbocycles. The van der Waals surface area contributed by atoms with Gasteiger partial charge in [0, 0.05) is 33.7 Å². The van der Waals surface area contributed by atoms with Crippen molar-refractivity contribution in [1.29, 1.82) is 0 Å². The molecule has 3 heteroatoms. The lowest BCUT2D eigenvalue weighted by Gasteiger charge is -2.11. The lowest BCUT2D eigenvalue weighted by atomic mass is 9.99. The summed E-state index contributed by atoms with van der Waals surface area (Å²) in [5, 5.41) is 6.14. The number of para-hydroxylation sites is 1. The van der Waals surface area contributed by atoms with Gasteiger partial charge in [-0.1, -0.05) is 30.3 Å². The van der Waals surface area contributed by atoms with E-state index in [2.05, 4.69) is 52.9 Å². The largest absolute Gasteiger partial charge is 0.248 e. The molecule has 1 aliphatic heterocycles. The van der Waals surface area contributed by atoms with Crippen LogP contribution in [0, 0.1) is 10.4 Å². The Kier molecular flexibility index (Phi) is 2.52. The van der Waals surface area contributed by atoms with Crippen molar-refractivity contribution < 1.29 is 0 Å². The van der Waals surface area contributed by atoms with Gasteiger partial charge in [-0.2, -0.15) is 0 Å². The summed E-state index contributed by atoms with van der Waals surface area (Å²) in [4.78, 5) is 6.08. The van der Waals surface area contributed by atoms with Crippen LogP contribution in [0.5, 0.6) is 0 Å². The molecule has 0 saturated heterocycles. The second kappa shape index (κ2) is 4.55. The summed E-state index contributed by atoms with van der Waals surface area (Å²) in [5.74, 6) is 0. The Bertz CT molecular complexity index is 1180. The highest BCUT2D eigenvalue weighted by Gasteiger charge is 2.09. The monoisotopic (exact) mass is 300 g/mol. The molecule has 0 atom stereocenters. The van der Waals surface area contributed by atoms with Crippen molar-refractivity contribution >= 4 is 41.2 Å². The van der Waals surface area contributed by atoms with Crippen LogP contribution in [0.4, 0.5) is 0 Å². The van der Waals surface area contributed by atoms with E-state index in [-0.39, 0.29) is 0 Å². The first-order valence-corrected chi connectivity index (χ1v) is 8.10. The Hall–Kier alpha value is -2.39. The SMILES string of the molecule is C1=NSc2ccc3c(c2=C1)=c1cc2ccccc2nc1=CC3.